The molecule has 1 atom stereocenters. The van der Waals surface area contributed by atoms with Crippen LogP contribution in [0.3, 0.4) is 0 Å². The normalized spacial score (nSPS) is 33.2. The van der Waals surface area contributed by atoms with Crippen molar-refractivity contribution in [2.45, 2.75) is 75.6 Å². The molecular weight excluding hydrogens is 348 g/mol. The molecule has 5 heteroatoms. The monoisotopic (exact) mass is 376 g/mol. The zero-order valence-electron chi connectivity index (χ0n) is 15.4. The van der Waals surface area contributed by atoms with Crippen molar-refractivity contribution in [1.29, 1.82) is 0 Å². The second-order valence-electron chi connectivity index (χ2n) is 8.21. The van der Waals surface area contributed by atoms with Gasteiger partial charge in [0.2, 0.25) is 5.91 Å². The number of benzene rings is 1. The fraction of sp³-hybridized carbons (Fsp3) is 0.667. The summed E-state index contributed by atoms with van der Waals surface area (Å²) in [6, 6.07) is 8.29. The summed E-state index contributed by atoms with van der Waals surface area (Å²) in [6.07, 6.45) is 7.42. The van der Waals surface area contributed by atoms with E-state index in [2.05, 4.69) is 15.9 Å². The first-order valence-corrected chi connectivity index (χ1v) is 10.5. The number of likely N-dealkylation sites (tertiary alicyclic amines) is 2. The van der Waals surface area contributed by atoms with Gasteiger partial charge in [-0.25, -0.2) is 0 Å². The molecule has 1 aromatic rings. The number of carbonyl (C=O) groups is 1. The molecule has 2 aliphatic heterocycles. The number of rotatable bonds is 3. The summed E-state index contributed by atoms with van der Waals surface area (Å²) >= 11 is 6.38. The highest BCUT2D eigenvalue weighted by Gasteiger charge is 2.51. The van der Waals surface area contributed by atoms with E-state index in [1.165, 1.54) is 0 Å². The van der Waals surface area contributed by atoms with Gasteiger partial charge in [-0.15, -0.1) is 0 Å². The molecule has 0 aromatic heterocycles. The van der Waals surface area contributed by atoms with Gasteiger partial charge in [0.25, 0.3) is 0 Å². The molecule has 1 aliphatic carbocycles. The Morgan fingerprint density at radius 1 is 1.08 bits per heavy atom. The zero-order chi connectivity index (χ0) is 18.1. The van der Waals surface area contributed by atoms with Crippen molar-refractivity contribution in [1.82, 2.24) is 9.80 Å². The lowest BCUT2D eigenvalue weighted by atomic mass is 9.82. The van der Waals surface area contributed by atoms with E-state index in [0.29, 0.717) is 11.9 Å². The molecule has 2 saturated heterocycles. The van der Waals surface area contributed by atoms with Crippen molar-refractivity contribution in [3.8, 4) is 0 Å². The fourth-order valence-electron chi connectivity index (χ4n) is 5.26. The molecule has 0 bridgehead atoms. The van der Waals surface area contributed by atoms with Gasteiger partial charge in [-0.05, 0) is 69.5 Å². The van der Waals surface area contributed by atoms with E-state index in [-0.39, 0.29) is 11.6 Å². The second kappa shape index (κ2) is 7.49. The Balaban J connectivity index is 1.53. The third-order valence-electron chi connectivity index (χ3n) is 6.70. The quantitative estimate of drug-likeness (QED) is 0.876. The van der Waals surface area contributed by atoms with Gasteiger partial charge in [-0.1, -0.05) is 29.8 Å². The first kappa shape index (κ1) is 18.3. The molecule has 1 N–H and O–H groups in total. The fourth-order valence-corrected chi connectivity index (χ4v) is 5.45. The molecule has 1 saturated carbocycles. The largest absolute Gasteiger partial charge is 0.393 e. The highest BCUT2D eigenvalue weighted by molar-refractivity contribution is 6.31. The van der Waals surface area contributed by atoms with E-state index in [0.717, 1.165) is 81.6 Å². The smallest absolute Gasteiger partial charge is 0.243 e. The van der Waals surface area contributed by atoms with Crippen LogP contribution in [-0.2, 0) is 11.3 Å². The molecule has 3 aliphatic rings. The van der Waals surface area contributed by atoms with E-state index in [9.17, 15) is 9.90 Å². The van der Waals surface area contributed by atoms with Gasteiger partial charge >= 0.3 is 0 Å². The minimum Gasteiger partial charge on any atom is -0.393 e. The summed E-state index contributed by atoms with van der Waals surface area (Å²) in [5, 5.41) is 10.6. The van der Waals surface area contributed by atoms with Crippen LogP contribution in [0.15, 0.2) is 24.3 Å². The average Bonchev–Trinajstić information content (AvgIpc) is 3.04. The van der Waals surface area contributed by atoms with Crippen molar-refractivity contribution in [2.24, 2.45) is 0 Å². The Hall–Kier alpha value is -1.10. The van der Waals surface area contributed by atoms with Gasteiger partial charge in [0, 0.05) is 24.2 Å². The summed E-state index contributed by atoms with van der Waals surface area (Å²) in [6.45, 7) is 2.60. The maximum absolute atomic E-state index is 13.6. The van der Waals surface area contributed by atoms with Crippen molar-refractivity contribution >= 4 is 17.5 Å². The maximum Gasteiger partial charge on any atom is 0.243 e. The Labute approximate surface area is 161 Å². The van der Waals surface area contributed by atoms with Crippen LogP contribution in [-0.4, -0.2) is 51.6 Å². The molecule has 142 valence electrons. The Morgan fingerprint density at radius 2 is 1.77 bits per heavy atom. The number of nitrogens with zero attached hydrogens (tertiary/aromatic N) is 2. The third-order valence-corrected chi connectivity index (χ3v) is 7.07. The number of amides is 1. The number of halogens is 1. The van der Waals surface area contributed by atoms with E-state index in [1.807, 2.05) is 18.2 Å². The van der Waals surface area contributed by atoms with Crippen LogP contribution in [0.2, 0.25) is 5.02 Å². The van der Waals surface area contributed by atoms with Gasteiger partial charge in [-0.2, -0.15) is 0 Å². The van der Waals surface area contributed by atoms with E-state index in [4.69, 9.17) is 11.6 Å². The maximum atomic E-state index is 13.6. The molecule has 1 unspecified atom stereocenters. The van der Waals surface area contributed by atoms with Crippen LogP contribution in [0, 0.1) is 0 Å². The van der Waals surface area contributed by atoms with Crippen LogP contribution in [0.5, 0.6) is 0 Å². The standard InChI is InChI=1S/C21H29ClN2O2/c22-19-6-2-1-5-16(19)15-23-13-3-11-21(23)12-4-14-24(20(21)26)17-7-9-18(25)10-8-17/h1-2,5-6,17-18,25H,3-4,7-15H2. The van der Waals surface area contributed by atoms with Crippen molar-refractivity contribution in [3.63, 3.8) is 0 Å². The molecule has 4 nitrogen and oxygen atoms in total. The summed E-state index contributed by atoms with van der Waals surface area (Å²) in [4.78, 5) is 18.1. The lowest BCUT2D eigenvalue weighted by Crippen LogP contribution is -2.62. The minimum absolute atomic E-state index is 0.177. The van der Waals surface area contributed by atoms with Gasteiger partial charge in [0.15, 0.2) is 0 Å². The summed E-state index contributed by atoms with van der Waals surface area (Å²) in [5.74, 6) is 0.328. The van der Waals surface area contributed by atoms with Crippen LogP contribution < -0.4 is 0 Å². The third kappa shape index (κ3) is 3.28. The molecular formula is C21H29ClN2O2. The number of piperidine rings is 1. The second-order valence-corrected chi connectivity index (χ2v) is 8.62. The summed E-state index contributed by atoms with van der Waals surface area (Å²) < 4.78 is 0. The zero-order valence-corrected chi connectivity index (χ0v) is 16.1. The minimum atomic E-state index is -0.340. The van der Waals surface area contributed by atoms with E-state index in [1.54, 1.807) is 0 Å². The Bertz CT molecular complexity index is 659. The number of hydrogen-bond acceptors (Lipinski definition) is 3. The molecule has 1 spiro atoms. The molecule has 1 amide bonds. The average molecular weight is 377 g/mol. The topological polar surface area (TPSA) is 43.8 Å². The molecule has 4 rings (SSSR count). The molecule has 26 heavy (non-hydrogen) atoms. The van der Waals surface area contributed by atoms with Crippen LogP contribution in [0.25, 0.3) is 0 Å². The predicted octanol–water partition coefficient (Wildman–Crippen LogP) is 3.60. The lowest BCUT2D eigenvalue weighted by molar-refractivity contribution is -0.152. The van der Waals surface area contributed by atoms with E-state index < -0.39 is 0 Å². The first-order chi connectivity index (χ1) is 12.6. The predicted molar refractivity (Wildman–Crippen MR) is 103 cm³/mol. The number of carbonyl (C=O) groups excluding carboxylic acids is 1. The van der Waals surface area contributed by atoms with Crippen LogP contribution in [0.1, 0.15) is 56.9 Å². The SMILES string of the molecule is O=C1N(C2CCC(O)CC2)CCCC12CCCN2Cc1ccccc1Cl. The van der Waals surface area contributed by atoms with Gasteiger partial charge in [0.05, 0.1) is 6.10 Å². The van der Waals surface area contributed by atoms with Crippen molar-refractivity contribution < 1.29 is 9.90 Å². The van der Waals surface area contributed by atoms with Crippen LogP contribution in [0.4, 0.5) is 0 Å². The highest BCUT2D eigenvalue weighted by Crippen LogP contribution is 2.41. The molecule has 2 heterocycles. The van der Waals surface area contributed by atoms with Gasteiger partial charge < -0.3 is 10.0 Å². The van der Waals surface area contributed by atoms with Crippen molar-refractivity contribution in [3.05, 3.63) is 34.9 Å². The number of aliphatic hydroxyl groups is 1. The summed E-state index contributed by atoms with van der Waals surface area (Å²) in [7, 11) is 0. The highest BCUT2D eigenvalue weighted by atomic mass is 35.5. The molecule has 0 radical (unpaired) electrons. The molecule has 1 aromatic carbocycles. The van der Waals surface area contributed by atoms with E-state index >= 15 is 0 Å². The lowest BCUT2D eigenvalue weighted by Gasteiger charge is -2.48. The molecule has 3 fully saturated rings. The van der Waals surface area contributed by atoms with Gasteiger partial charge in [0.1, 0.15) is 5.54 Å². The number of hydrogen-bond donors (Lipinski definition) is 1. The summed E-state index contributed by atoms with van der Waals surface area (Å²) in [5.41, 5.74) is 0.772. The number of aliphatic hydroxyl groups excluding tert-OH is 1. The Kier molecular flexibility index (Phi) is 5.27. The van der Waals surface area contributed by atoms with Crippen molar-refractivity contribution in [2.75, 3.05) is 13.1 Å². The first-order valence-electron chi connectivity index (χ1n) is 10.1. The van der Waals surface area contributed by atoms with Crippen LogP contribution >= 0.6 is 11.6 Å². The van der Waals surface area contributed by atoms with Gasteiger partial charge in [-0.3, -0.25) is 9.69 Å². The Morgan fingerprint density at radius 3 is 2.50 bits per heavy atom.